The highest BCUT2D eigenvalue weighted by Crippen LogP contribution is 2.38. The molecule has 0 bridgehead atoms. The van der Waals surface area contributed by atoms with E-state index in [1.165, 1.54) is 12.1 Å². The van der Waals surface area contributed by atoms with Crippen molar-refractivity contribution in [2.24, 2.45) is 0 Å². The van der Waals surface area contributed by atoms with E-state index in [0.717, 1.165) is 6.07 Å². The van der Waals surface area contributed by atoms with Crippen molar-refractivity contribution < 1.29 is 18.0 Å². The second-order valence-corrected chi connectivity index (χ2v) is 5.39. The third kappa shape index (κ3) is 4.89. The first-order chi connectivity index (χ1) is 7.83. The number of Topliss-reactive ketones (excluding diaryl/α,β-unsaturated/α-hetero) is 1. The molecule has 0 heterocycles. The van der Waals surface area contributed by atoms with Gasteiger partial charge in [0.05, 0.1) is 5.02 Å². The Balaban J connectivity index is 2.90. The van der Waals surface area contributed by atoms with Gasteiger partial charge >= 0.3 is 5.51 Å². The van der Waals surface area contributed by atoms with E-state index in [-0.39, 0.29) is 39.4 Å². The number of hydrogen-bond donors (Lipinski definition) is 0. The number of alkyl halides is 4. The maximum Gasteiger partial charge on any atom is 0.446 e. The highest BCUT2D eigenvalue weighted by Gasteiger charge is 2.29. The number of hydrogen-bond acceptors (Lipinski definition) is 2. The standard InChI is InChI=1S/C10H7BrClF3OS/c11-4-3-9(16)7-2-1-6(5-8(7)12)17-10(13,14)15/h1-2,5H,3-4H2. The van der Waals surface area contributed by atoms with Crippen LogP contribution in [0.2, 0.25) is 5.02 Å². The third-order valence-electron chi connectivity index (χ3n) is 1.80. The predicted octanol–water partition coefficient (Wildman–Crippen LogP) is 4.92. The summed E-state index contributed by atoms with van der Waals surface area (Å²) >= 11 is 8.62. The maximum absolute atomic E-state index is 12.1. The lowest BCUT2D eigenvalue weighted by molar-refractivity contribution is -0.0328. The summed E-state index contributed by atoms with van der Waals surface area (Å²) in [6.45, 7) is 0. The van der Waals surface area contributed by atoms with Crippen molar-refractivity contribution in [3.63, 3.8) is 0 Å². The van der Waals surface area contributed by atoms with Crippen LogP contribution in [0, 0.1) is 0 Å². The van der Waals surface area contributed by atoms with Crippen molar-refractivity contribution in [3.8, 4) is 0 Å². The van der Waals surface area contributed by atoms with E-state index in [4.69, 9.17) is 11.6 Å². The average molecular weight is 348 g/mol. The van der Waals surface area contributed by atoms with E-state index in [1.54, 1.807) is 0 Å². The van der Waals surface area contributed by atoms with Crippen LogP contribution in [-0.2, 0) is 0 Å². The molecular formula is C10H7BrClF3OS. The minimum Gasteiger partial charge on any atom is -0.294 e. The topological polar surface area (TPSA) is 17.1 Å². The summed E-state index contributed by atoms with van der Waals surface area (Å²) in [6.07, 6.45) is 0.255. The van der Waals surface area contributed by atoms with Crippen LogP contribution >= 0.6 is 39.3 Å². The quantitative estimate of drug-likeness (QED) is 0.437. The van der Waals surface area contributed by atoms with Gasteiger partial charge in [-0.1, -0.05) is 27.5 Å². The van der Waals surface area contributed by atoms with E-state index in [1.807, 2.05) is 0 Å². The Labute approximate surface area is 114 Å². The van der Waals surface area contributed by atoms with Gasteiger partial charge in [-0.15, -0.1) is 0 Å². The molecule has 0 fully saturated rings. The molecule has 0 atom stereocenters. The van der Waals surface area contributed by atoms with Crippen molar-refractivity contribution in [2.45, 2.75) is 16.8 Å². The van der Waals surface area contributed by atoms with Crippen molar-refractivity contribution in [1.29, 1.82) is 0 Å². The predicted molar refractivity (Wildman–Crippen MR) is 66.1 cm³/mol. The zero-order chi connectivity index (χ0) is 13.1. The molecule has 17 heavy (non-hydrogen) atoms. The zero-order valence-electron chi connectivity index (χ0n) is 8.35. The molecule has 0 radical (unpaired) electrons. The highest BCUT2D eigenvalue weighted by molar-refractivity contribution is 9.09. The molecule has 94 valence electrons. The largest absolute Gasteiger partial charge is 0.446 e. The Morgan fingerprint density at radius 2 is 2.06 bits per heavy atom. The SMILES string of the molecule is O=C(CCBr)c1ccc(SC(F)(F)F)cc1Cl. The van der Waals surface area contributed by atoms with Crippen LogP contribution in [0.15, 0.2) is 23.1 Å². The lowest BCUT2D eigenvalue weighted by Crippen LogP contribution is -2.02. The van der Waals surface area contributed by atoms with Gasteiger partial charge in [-0.25, -0.2) is 0 Å². The van der Waals surface area contributed by atoms with Crippen molar-refractivity contribution in [2.75, 3.05) is 5.33 Å². The molecule has 0 saturated carbocycles. The Morgan fingerprint density at radius 1 is 1.41 bits per heavy atom. The van der Waals surface area contributed by atoms with Crippen LogP contribution in [-0.4, -0.2) is 16.6 Å². The Bertz CT molecular complexity index is 423. The van der Waals surface area contributed by atoms with E-state index >= 15 is 0 Å². The molecule has 0 aliphatic heterocycles. The molecule has 1 aromatic rings. The highest BCUT2D eigenvalue weighted by atomic mass is 79.9. The molecule has 0 spiro atoms. The maximum atomic E-state index is 12.1. The first kappa shape index (κ1) is 14.9. The van der Waals surface area contributed by atoms with Crippen LogP contribution in [0.5, 0.6) is 0 Å². The fraction of sp³-hybridized carbons (Fsp3) is 0.300. The smallest absolute Gasteiger partial charge is 0.294 e. The molecule has 7 heteroatoms. The van der Waals surface area contributed by atoms with Gasteiger partial charge in [0.25, 0.3) is 0 Å². The van der Waals surface area contributed by atoms with E-state index in [2.05, 4.69) is 15.9 Å². The summed E-state index contributed by atoms with van der Waals surface area (Å²) in [6, 6.07) is 3.72. The monoisotopic (exact) mass is 346 g/mol. The lowest BCUT2D eigenvalue weighted by Gasteiger charge is -2.07. The molecular weight excluding hydrogens is 341 g/mol. The van der Waals surface area contributed by atoms with E-state index < -0.39 is 5.51 Å². The normalized spacial score (nSPS) is 11.6. The number of carbonyl (C=O) groups is 1. The van der Waals surface area contributed by atoms with Gasteiger partial charge in [0.15, 0.2) is 5.78 Å². The molecule has 1 aromatic carbocycles. The molecule has 0 N–H and O–H groups in total. The second kappa shape index (κ2) is 6.11. The van der Waals surface area contributed by atoms with Gasteiger partial charge in [-0.05, 0) is 30.0 Å². The van der Waals surface area contributed by atoms with Crippen LogP contribution in [0.3, 0.4) is 0 Å². The molecule has 0 saturated heterocycles. The van der Waals surface area contributed by atoms with Gasteiger partial charge in [0, 0.05) is 22.2 Å². The number of ketones is 1. The Hall–Kier alpha value is -0.200. The van der Waals surface area contributed by atoms with Gasteiger partial charge in [0.1, 0.15) is 0 Å². The zero-order valence-corrected chi connectivity index (χ0v) is 11.5. The summed E-state index contributed by atoms with van der Waals surface area (Å²) in [5, 5.41) is 0.534. The van der Waals surface area contributed by atoms with Crippen LogP contribution in [0.25, 0.3) is 0 Å². The Morgan fingerprint density at radius 3 is 2.53 bits per heavy atom. The molecule has 0 aliphatic rings. The number of benzene rings is 1. The molecule has 0 unspecified atom stereocenters. The lowest BCUT2D eigenvalue weighted by atomic mass is 10.1. The summed E-state index contributed by atoms with van der Waals surface area (Å²) in [5.74, 6) is -0.199. The Kier molecular flexibility index (Phi) is 5.34. The molecule has 0 aromatic heterocycles. The van der Waals surface area contributed by atoms with Crippen molar-refractivity contribution >= 4 is 45.1 Å². The molecule has 0 aliphatic carbocycles. The van der Waals surface area contributed by atoms with E-state index in [0.29, 0.717) is 5.33 Å². The van der Waals surface area contributed by atoms with Crippen molar-refractivity contribution in [1.82, 2.24) is 0 Å². The van der Waals surface area contributed by atoms with Gasteiger partial charge in [0.2, 0.25) is 0 Å². The number of halogens is 5. The fourth-order valence-corrected chi connectivity index (χ4v) is 2.43. The molecule has 0 amide bonds. The van der Waals surface area contributed by atoms with Gasteiger partial charge in [-0.3, -0.25) is 4.79 Å². The number of thioether (sulfide) groups is 1. The van der Waals surface area contributed by atoms with Gasteiger partial charge < -0.3 is 0 Å². The minimum absolute atomic E-state index is 0.0297. The number of carbonyl (C=O) groups excluding carboxylic acids is 1. The second-order valence-electron chi connectivity index (χ2n) is 3.05. The van der Waals surface area contributed by atoms with Crippen LogP contribution in [0.4, 0.5) is 13.2 Å². The summed E-state index contributed by atoms with van der Waals surface area (Å²) in [5.41, 5.74) is -4.11. The summed E-state index contributed by atoms with van der Waals surface area (Å²) < 4.78 is 36.3. The fourth-order valence-electron chi connectivity index (χ4n) is 1.14. The first-order valence-corrected chi connectivity index (χ1v) is 6.79. The van der Waals surface area contributed by atoms with Gasteiger partial charge in [-0.2, -0.15) is 13.2 Å². The average Bonchev–Trinajstić information content (AvgIpc) is 2.15. The number of rotatable bonds is 4. The van der Waals surface area contributed by atoms with E-state index in [9.17, 15) is 18.0 Å². The van der Waals surface area contributed by atoms with Crippen molar-refractivity contribution in [3.05, 3.63) is 28.8 Å². The third-order valence-corrected chi connectivity index (χ3v) is 3.23. The summed E-state index contributed by atoms with van der Waals surface area (Å²) in [7, 11) is 0. The first-order valence-electron chi connectivity index (χ1n) is 4.48. The molecule has 1 nitrogen and oxygen atoms in total. The van der Waals surface area contributed by atoms with Crippen LogP contribution < -0.4 is 0 Å². The molecule has 1 rings (SSSR count). The minimum atomic E-state index is -4.36. The van der Waals surface area contributed by atoms with Crippen LogP contribution in [0.1, 0.15) is 16.8 Å². The summed E-state index contributed by atoms with van der Waals surface area (Å²) in [4.78, 5) is 11.5.